The van der Waals surface area contributed by atoms with E-state index in [2.05, 4.69) is 0 Å². The van der Waals surface area contributed by atoms with Gasteiger partial charge in [0.1, 0.15) is 10.6 Å². The Hall–Kier alpha value is -2.01. The van der Waals surface area contributed by atoms with Gasteiger partial charge in [0.25, 0.3) is 0 Å². The Morgan fingerprint density at radius 3 is 2.39 bits per heavy atom. The van der Waals surface area contributed by atoms with Crippen LogP contribution in [0.1, 0.15) is 15.2 Å². The highest BCUT2D eigenvalue weighted by molar-refractivity contribution is 7.18. The van der Waals surface area contributed by atoms with E-state index >= 15 is 0 Å². The minimum Gasteiger partial charge on any atom is -0.497 e. The maximum absolute atomic E-state index is 11.0. The van der Waals surface area contributed by atoms with Crippen LogP contribution in [0.25, 0.3) is 10.4 Å². The Kier molecular flexibility index (Phi) is 3.25. The first-order valence-corrected chi connectivity index (χ1v) is 6.12. The molecule has 0 radical (unpaired) electrons. The number of ether oxygens (including phenoxy) is 1. The summed E-state index contributed by atoms with van der Waals surface area (Å²) in [5.74, 6) is -0.222. The number of carboxylic acids is 1. The summed E-state index contributed by atoms with van der Waals surface area (Å²) in [6, 6.07) is 7.46. The van der Waals surface area contributed by atoms with E-state index in [4.69, 9.17) is 15.6 Å². The number of nitrogens with two attached hydrogens (primary N) is 1. The molecule has 0 bridgehead atoms. The average Bonchev–Trinajstić information content (AvgIpc) is 2.67. The van der Waals surface area contributed by atoms with E-state index in [1.165, 1.54) is 11.3 Å². The van der Waals surface area contributed by atoms with Crippen molar-refractivity contribution < 1.29 is 14.6 Å². The first kappa shape index (κ1) is 12.4. The Morgan fingerprint density at radius 1 is 1.33 bits per heavy atom. The van der Waals surface area contributed by atoms with Gasteiger partial charge in [-0.2, -0.15) is 0 Å². The normalized spacial score (nSPS) is 10.3. The molecule has 0 unspecified atom stereocenters. The smallest absolute Gasteiger partial charge is 0.348 e. The molecule has 0 atom stereocenters. The van der Waals surface area contributed by atoms with Gasteiger partial charge in [0.05, 0.1) is 12.8 Å². The molecule has 3 N–H and O–H groups in total. The lowest BCUT2D eigenvalue weighted by Crippen LogP contribution is -1.97. The molecular formula is C13H13NO3S. The SMILES string of the molecule is COc1ccc(-c2sc(C(=O)O)c(N)c2C)cc1. The van der Waals surface area contributed by atoms with Crippen LogP contribution < -0.4 is 10.5 Å². The fourth-order valence-electron chi connectivity index (χ4n) is 1.70. The summed E-state index contributed by atoms with van der Waals surface area (Å²) in [4.78, 5) is 12.1. The minimum absolute atomic E-state index is 0.193. The van der Waals surface area contributed by atoms with E-state index in [1.54, 1.807) is 7.11 Å². The topological polar surface area (TPSA) is 72.5 Å². The molecular weight excluding hydrogens is 250 g/mol. The van der Waals surface area contributed by atoms with Gasteiger partial charge in [0, 0.05) is 4.88 Å². The standard InChI is InChI=1S/C13H13NO3S/c1-7-10(14)12(13(15)16)18-11(7)8-3-5-9(17-2)6-4-8/h3-6H,14H2,1-2H3,(H,15,16). The van der Waals surface area contributed by atoms with Crippen LogP contribution >= 0.6 is 11.3 Å². The molecule has 1 aromatic heterocycles. The number of anilines is 1. The Balaban J connectivity index is 2.50. The van der Waals surface area contributed by atoms with Gasteiger partial charge in [-0.25, -0.2) is 4.79 Å². The molecule has 1 aromatic carbocycles. The van der Waals surface area contributed by atoms with Gasteiger partial charge in [-0.05, 0) is 42.3 Å². The highest BCUT2D eigenvalue weighted by Crippen LogP contribution is 2.38. The monoisotopic (exact) mass is 263 g/mol. The van der Waals surface area contributed by atoms with Crippen molar-refractivity contribution in [3.8, 4) is 16.2 Å². The molecule has 0 amide bonds. The van der Waals surface area contributed by atoms with E-state index in [1.807, 2.05) is 31.2 Å². The van der Waals surface area contributed by atoms with Gasteiger partial charge >= 0.3 is 5.97 Å². The van der Waals surface area contributed by atoms with Crippen LogP contribution in [-0.2, 0) is 0 Å². The van der Waals surface area contributed by atoms with E-state index in [0.717, 1.165) is 21.8 Å². The fourth-order valence-corrected chi connectivity index (χ4v) is 2.77. The van der Waals surface area contributed by atoms with Crippen molar-refractivity contribution in [2.75, 3.05) is 12.8 Å². The number of thiophene rings is 1. The Bertz CT molecular complexity index is 587. The van der Waals surface area contributed by atoms with Crippen molar-refractivity contribution in [2.24, 2.45) is 0 Å². The quantitative estimate of drug-likeness (QED) is 0.892. The highest BCUT2D eigenvalue weighted by atomic mass is 32.1. The second-order valence-corrected chi connectivity index (χ2v) is 4.85. The van der Waals surface area contributed by atoms with Gasteiger partial charge < -0.3 is 15.6 Å². The second-order valence-electron chi connectivity index (χ2n) is 3.83. The number of aromatic carboxylic acids is 1. The van der Waals surface area contributed by atoms with Crippen LogP contribution in [0.3, 0.4) is 0 Å². The molecule has 2 rings (SSSR count). The number of carboxylic acid groups (broad SMARTS) is 1. The molecule has 0 aliphatic heterocycles. The van der Waals surface area contributed by atoms with Crippen molar-refractivity contribution in [1.29, 1.82) is 0 Å². The zero-order valence-corrected chi connectivity index (χ0v) is 10.9. The predicted octanol–water partition coefficient (Wildman–Crippen LogP) is 3.01. The largest absolute Gasteiger partial charge is 0.497 e. The van der Waals surface area contributed by atoms with Crippen molar-refractivity contribution >= 4 is 23.0 Å². The molecule has 0 spiro atoms. The predicted molar refractivity (Wildman–Crippen MR) is 72.4 cm³/mol. The van der Waals surface area contributed by atoms with Crippen LogP contribution in [-0.4, -0.2) is 18.2 Å². The van der Waals surface area contributed by atoms with Gasteiger partial charge in [0.15, 0.2) is 0 Å². The van der Waals surface area contributed by atoms with E-state index in [-0.39, 0.29) is 4.88 Å². The molecule has 0 aliphatic carbocycles. The summed E-state index contributed by atoms with van der Waals surface area (Å²) in [5.41, 5.74) is 7.90. The summed E-state index contributed by atoms with van der Waals surface area (Å²) in [5, 5.41) is 9.04. The lowest BCUT2D eigenvalue weighted by molar-refractivity contribution is 0.0703. The van der Waals surface area contributed by atoms with Gasteiger partial charge in [-0.1, -0.05) is 0 Å². The summed E-state index contributed by atoms with van der Waals surface area (Å²) < 4.78 is 5.09. The molecule has 2 aromatic rings. The molecule has 18 heavy (non-hydrogen) atoms. The van der Waals surface area contributed by atoms with E-state index < -0.39 is 5.97 Å². The van der Waals surface area contributed by atoms with Crippen LogP contribution in [0, 0.1) is 6.92 Å². The van der Waals surface area contributed by atoms with Gasteiger partial charge in [-0.3, -0.25) is 0 Å². The number of hydrogen-bond acceptors (Lipinski definition) is 4. The maximum Gasteiger partial charge on any atom is 0.348 e. The van der Waals surface area contributed by atoms with Crippen molar-refractivity contribution in [1.82, 2.24) is 0 Å². The number of nitrogen functional groups attached to an aromatic ring is 1. The Morgan fingerprint density at radius 2 is 1.94 bits per heavy atom. The van der Waals surface area contributed by atoms with Gasteiger partial charge in [0.2, 0.25) is 0 Å². The number of carbonyl (C=O) groups is 1. The van der Waals surface area contributed by atoms with Crippen molar-refractivity contribution in [3.05, 3.63) is 34.7 Å². The third-order valence-electron chi connectivity index (χ3n) is 2.74. The Labute approximate surface area is 109 Å². The van der Waals surface area contributed by atoms with Crippen molar-refractivity contribution in [2.45, 2.75) is 6.92 Å². The first-order chi connectivity index (χ1) is 8.54. The molecule has 0 aliphatic rings. The summed E-state index contributed by atoms with van der Waals surface area (Å²) >= 11 is 1.20. The van der Waals surface area contributed by atoms with E-state index in [0.29, 0.717) is 5.69 Å². The zero-order valence-electron chi connectivity index (χ0n) is 10.1. The third-order valence-corrected chi connectivity index (χ3v) is 4.08. The lowest BCUT2D eigenvalue weighted by Gasteiger charge is -2.02. The molecule has 0 saturated carbocycles. The summed E-state index contributed by atoms with van der Waals surface area (Å²) in [6.07, 6.45) is 0. The molecule has 5 heteroatoms. The number of methoxy groups -OCH3 is 1. The van der Waals surface area contributed by atoms with E-state index in [9.17, 15) is 4.79 Å². The first-order valence-electron chi connectivity index (χ1n) is 5.31. The number of hydrogen-bond donors (Lipinski definition) is 2. The molecule has 94 valence electrons. The number of benzene rings is 1. The zero-order chi connectivity index (χ0) is 13.3. The fraction of sp³-hybridized carbons (Fsp3) is 0.154. The summed E-state index contributed by atoms with van der Waals surface area (Å²) in [7, 11) is 1.60. The lowest BCUT2D eigenvalue weighted by atomic mass is 10.1. The molecule has 4 nitrogen and oxygen atoms in total. The average molecular weight is 263 g/mol. The minimum atomic E-state index is -0.986. The van der Waals surface area contributed by atoms with Crippen LogP contribution in [0.2, 0.25) is 0 Å². The highest BCUT2D eigenvalue weighted by Gasteiger charge is 2.18. The van der Waals surface area contributed by atoms with Crippen LogP contribution in [0.5, 0.6) is 5.75 Å². The van der Waals surface area contributed by atoms with Gasteiger partial charge in [-0.15, -0.1) is 11.3 Å². The summed E-state index contributed by atoms with van der Waals surface area (Å²) in [6.45, 7) is 1.83. The molecule has 1 heterocycles. The van der Waals surface area contributed by atoms with Crippen LogP contribution in [0.15, 0.2) is 24.3 Å². The van der Waals surface area contributed by atoms with Crippen molar-refractivity contribution in [3.63, 3.8) is 0 Å². The third kappa shape index (κ3) is 2.04. The number of rotatable bonds is 3. The molecule has 0 fully saturated rings. The molecule has 0 saturated heterocycles. The maximum atomic E-state index is 11.0. The van der Waals surface area contributed by atoms with Crippen LogP contribution in [0.4, 0.5) is 5.69 Å². The second kappa shape index (κ2) is 4.70.